The number of hydrogen-bond acceptors (Lipinski definition) is 6. The molecular weight excluding hydrogens is 512 g/mol. The van der Waals surface area contributed by atoms with Crippen molar-refractivity contribution in [3.05, 3.63) is 0 Å². The fourth-order valence-corrected chi connectivity index (χ4v) is 4.09. The lowest BCUT2D eigenvalue weighted by Crippen LogP contribution is -2.36. The van der Waals surface area contributed by atoms with Crippen molar-refractivity contribution in [1.82, 2.24) is 0 Å². The van der Waals surface area contributed by atoms with Crippen molar-refractivity contribution in [2.24, 2.45) is 21.8 Å². The fraction of sp³-hybridized carbons (Fsp3) is 0.943. The number of nitrogens with zero attached hydrogens (tertiary/aromatic N) is 2. The van der Waals surface area contributed by atoms with Gasteiger partial charge in [0, 0.05) is 24.5 Å². The maximum atomic E-state index is 6.41. The predicted molar refractivity (Wildman–Crippen MR) is 178 cm³/mol. The molecule has 41 heavy (non-hydrogen) atoms. The third-order valence-electron chi connectivity index (χ3n) is 9.18. The Morgan fingerprint density at radius 1 is 0.512 bits per heavy atom. The van der Waals surface area contributed by atoms with Gasteiger partial charge in [0.15, 0.2) is 0 Å². The van der Waals surface area contributed by atoms with Crippen molar-refractivity contribution in [3.63, 3.8) is 0 Å². The molecule has 6 heteroatoms. The third-order valence-corrected chi connectivity index (χ3v) is 9.18. The van der Waals surface area contributed by atoms with Gasteiger partial charge >= 0.3 is 0 Å². The summed E-state index contributed by atoms with van der Waals surface area (Å²) in [5.74, 6) is 1.00. The zero-order valence-electron chi connectivity index (χ0n) is 29.9. The van der Waals surface area contributed by atoms with Gasteiger partial charge in [0.1, 0.15) is 0 Å². The molecule has 0 aromatic heterocycles. The van der Waals surface area contributed by atoms with E-state index in [0.29, 0.717) is 38.3 Å². The van der Waals surface area contributed by atoms with Crippen LogP contribution in [0.5, 0.6) is 0 Å². The Balaban J connectivity index is 4.55. The van der Waals surface area contributed by atoms with Gasteiger partial charge in [-0.15, -0.1) is 0 Å². The molecule has 0 bridgehead atoms. The molecule has 244 valence electrons. The zero-order valence-corrected chi connectivity index (χ0v) is 29.9. The highest BCUT2D eigenvalue weighted by molar-refractivity contribution is 5.84. The minimum Gasteiger partial charge on any atom is -0.375 e. The first-order chi connectivity index (χ1) is 19.0. The molecule has 0 fully saturated rings. The molecule has 0 aliphatic rings. The van der Waals surface area contributed by atoms with Gasteiger partial charge in [-0.1, -0.05) is 48.5 Å². The van der Waals surface area contributed by atoms with Crippen LogP contribution in [-0.2, 0) is 18.9 Å². The van der Waals surface area contributed by atoms with E-state index in [1.165, 1.54) is 11.4 Å². The second kappa shape index (κ2) is 19.5. The van der Waals surface area contributed by atoms with Gasteiger partial charge in [-0.2, -0.15) is 0 Å². The van der Waals surface area contributed by atoms with E-state index in [-0.39, 0.29) is 22.4 Å². The highest BCUT2D eigenvalue weighted by atomic mass is 16.6. The highest BCUT2D eigenvalue weighted by Gasteiger charge is 2.28. The van der Waals surface area contributed by atoms with Crippen LogP contribution in [0.3, 0.4) is 0 Å². The Morgan fingerprint density at radius 3 is 1.24 bits per heavy atom. The summed E-state index contributed by atoms with van der Waals surface area (Å²) in [5.41, 5.74) is 1.62. The standard InChI is InChI=1S/C35H70N2O4/c1-15-33(12,18-22-36-30(8)28(4)5)39-24-20-32(10,11)38-26-27-41-35(14,17-3)21-25-40-34(13,16-2)19-23-37-31(9)29(6)7/h28-29H,15-27H2,1-14H3/b36-30+,37-31+. The van der Waals surface area contributed by atoms with Gasteiger partial charge in [-0.05, 0) is 105 Å². The molecule has 0 amide bonds. The normalized spacial score (nSPS) is 18.0. The molecule has 0 spiro atoms. The molecule has 3 unspecified atom stereocenters. The number of hydrogen-bond donors (Lipinski definition) is 0. The number of ether oxygens (including phenoxy) is 4. The molecule has 0 saturated carbocycles. The fourth-order valence-electron chi connectivity index (χ4n) is 4.09. The van der Waals surface area contributed by atoms with E-state index < -0.39 is 0 Å². The van der Waals surface area contributed by atoms with Crippen molar-refractivity contribution in [2.45, 2.75) is 164 Å². The van der Waals surface area contributed by atoms with Crippen LogP contribution in [0.4, 0.5) is 0 Å². The minimum absolute atomic E-state index is 0.154. The van der Waals surface area contributed by atoms with Gasteiger partial charge < -0.3 is 18.9 Å². The molecule has 0 heterocycles. The third kappa shape index (κ3) is 17.8. The average Bonchev–Trinajstić information content (AvgIpc) is 2.90. The van der Waals surface area contributed by atoms with Gasteiger partial charge in [-0.3, -0.25) is 9.98 Å². The van der Waals surface area contributed by atoms with E-state index >= 15 is 0 Å². The largest absolute Gasteiger partial charge is 0.375 e. The van der Waals surface area contributed by atoms with Crippen LogP contribution in [0.2, 0.25) is 0 Å². The molecule has 0 saturated heterocycles. The van der Waals surface area contributed by atoms with Gasteiger partial charge in [0.25, 0.3) is 0 Å². The Bertz CT molecular complexity index is 763. The maximum Gasteiger partial charge on any atom is 0.0708 e. The highest BCUT2D eigenvalue weighted by Crippen LogP contribution is 2.26. The summed E-state index contributed by atoms with van der Waals surface area (Å²) in [6, 6.07) is 0. The van der Waals surface area contributed by atoms with E-state index in [2.05, 4.69) is 96.9 Å². The summed E-state index contributed by atoms with van der Waals surface area (Å²) in [6.45, 7) is 34.6. The summed E-state index contributed by atoms with van der Waals surface area (Å²) < 4.78 is 25.4. The molecule has 0 rings (SSSR count). The molecule has 0 radical (unpaired) electrons. The first kappa shape index (κ1) is 40.2. The molecule has 0 aromatic rings. The molecular formula is C35H70N2O4. The second-order valence-corrected chi connectivity index (χ2v) is 13.9. The van der Waals surface area contributed by atoms with Crippen molar-refractivity contribution >= 4 is 11.4 Å². The molecule has 0 aliphatic carbocycles. The predicted octanol–water partition coefficient (Wildman–Crippen LogP) is 9.13. The van der Waals surface area contributed by atoms with Crippen LogP contribution in [0.1, 0.15) is 142 Å². The summed E-state index contributed by atoms with van der Waals surface area (Å²) in [4.78, 5) is 9.48. The van der Waals surface area contributed by atoms with E-state index in [1.54, 1.807) is 0 Å². The van der Waals surface area contributed by atoms with Crippen molar-refractivity contribution in [1.29, 1.82) is 0 Å². The maximum absolute atomic E-state index is 6.41. The van der Waals surface area contributed by atoms with Crippen LogP contribution < -0.4 is 0 Å². The van der Waals surface area contributed by atoms with Crippen molar-refractivity contribution in [3.8, 4) is 0 Å². The summed E-state index contributed by atoms with van der Waals surface area (Å²) in [5, 5.41) is 0. The number of rotatable bonds is 24. The van der Waals surface area contributed by atoms with E-state index in [0.717, 1.165) is 58.0 Å². The first-order valence-corrected chi connectivity index (χ1v) is 16.5. The van der Waals surface area contributed by atoms with Crippen LogP contribution in [0, 0.1) is 11.8 Å². The summed E-state index contributed by atoms with van der Waals surface area (Å²) >= 11 is 0. The molecule has 6 nitrogen and oxygen atoms in total. The van der Waals surface area contributed by atoms with Crippen molar-refractivity contribution in [2.75, 3.05) is 39.5 Å². The van der Waals surface area contributed by atoms with Crippen LogP contribution in [0.25, 0.3) is 0 Å². The van der Waals surface area contributed by atoms with Crippen LogP contribution in [-0.4, -0.2) is 73.3 Å². The quantitative estimate of drug-likeness (QED) is 0.0841. The topological polar surface area (TPSA) is 61.6 Å². The molecule has 0 aliphatic heterocycles. The Hall–Kier alpha value is -0.820. The van der Waals surface area contributed by atoms with Gasteiger partial charge in [0.2, 0.25) is 0 Å². The van der Waals surface area contributed by atoms with Gasteiger partial charge in [0.05, 0.1) is 48.8 Å². The van der Waals surface area contributed by atoms with E-state index in [4.69, 9.17) is 28.9 Å². The minimum atomic E-state index is -0.268. The Labute approximate surface area is 255 Å². The lowest BCUT2D eigenvalue weighted by Gasteiger charge is -2.34. The number of aliphatic imine (C=N–C) groups is 2. The Morgan fingerprint density at radius 2 is 0.854 bits per heavy atom. The molecule has 0 N–H and O–H groups in total. The molecule has 0 aromatic carbocycles. The summed E-state index contributed by atoms with van der Waals surface area (Å²) in [6.07, 6.45) is 6.46. The second-order valence-electron chi connectivity index (χ2n) is 13.9. The Kier molecular flexibility index (Phi) is 19.1. The summed E-state index contributed by atoms with van der Waals surface area (Å²) in [7, 11) is 0. The first-order valence-electron chi connectivity index (χ1n) is 16.5. The lowest BCUT2D eigenvalue weighted by molar-refractivity contribution is -0.122. The zero-order chi connectivity index (χ0) is 31.7. The lowest BCUT2D eigenvalue weighted by atomic mass is 9.97. The monoisotopic (exact) mass is 583 g/mol. The van der Waals surface area contributed by atoms with Crippen LogP contribution in [0.15, 0.2) is 9.98 Å². The van der Waals surface area contributed by atoms with Crippen LogP contribution >= 0.6 is 0 Å². The van der Waals surface area contributed by atoms with E-state index in [9.17, 15) is 0 Å². The van der Waals surface area contributed by atoms with Gasteiger partial charge in [-0.25, -0.2) is 0 Å². The smallest absolute Gasteiger partial charge is 0.0708 e. The average molecular weight is 583 g/mol. The van der Waals surface area contributed by atoms with E-state index in [1.807, 2.05) is 0 Å². The SMILES string of the molecule is CCC(C)(CC/N=C(\C)C(C)C)OCCC(C)(C)OCCOC(C)(CC)CCOC(C)(CC)CC/N=C(\C)C(C)C. The van der Waals surface area contributed by atoms with Crippen molar-refractivity contribution < 1.29 is 18.9 Å². The molecule has 3 atom stereocenters.